The number of likely N-dealkylation sites (N-methyl/N-ethyl adjacent to an activating group) is 1. The van der Waals surface area contributed by atoms with Crippen LogP contribution in [0, 0.1) is 0 Å². The molecule has 174 valence electrons. The van der Waals surface area contributed by atoms with Crippen molar-refractivity contribution in [2.75, 3.05) is 53.0 Å². The molecular weight excluding hydrogens is 410 g/mol. The molecule has 1 N–H and O–H groups in total. The van der Waals surface area contributed by atoms with E-state index >= 15 is 0 Å². The highest BCUT2D eigenvalue weighted by Gasteiger charge is 2.23. The summed E-state index contributed by atoms with van der Waals surface area (Å²) in [7, 11) is 1.48. The topological polar surface area (TPSA) is 132 Å². The lowest BCUT2D eigenvalue weighted by Gasteiger charge is -2.34. The van der Waals surface area contributed by atoms with Crippen molar-refractivity contribution in [2.45, 2.75) is 32.8 Å². The van der Waals surface area contributed by atoms with E-state index in [1.807, 2.05) is 0 Å². The van der Waals surface area contributed by atoms with Crippen LogP contribution in [0.1, 0.15) is 26.7 Å². The Morgan fingerprint density at radius 1 is 0.903 bits per heavy atom. The molecule has 0 aromatic carbocycles. The quantitative estimate of drug-likeness (QED) is 0.252. The van der Waals surface area contributed by atoms with Gasteiger partial charge in [-0.3, -0.25) is 24.0 Å². The zero-order valence-electron chi connectivity index (χ0n) is 18.3. The molecule has 0 aliphatic carbocycles. The Kier molecular flexibility index (Phi) is 11.9. The minimum absolute atomic E-state index is 0.0408. The second-order valence-corrected chi connectivity index (χ2v) is 6.86. The second kappa shape index (κ2) is 14.1. The van der Waals surface area contributed by atoms with E-state index in [0.29, 0.717) is 32.6 Å². The summed E-state index contributed by atoms with van der Waals surface area (Å²) >= 11 is 0. The molecule has 31 heavy (non-hydrogen) atoms. The fourth-order valence-electron chi connectivity index (χ4n) is 2.71. The van der Waals surface area contributed by atoms with Gasteiger partial charge in [-0.2, -0.15) is 0 Å². The monoisotopic (exact) mass is 441 g/mol. The van der Waals surface area contributed by atoms with Gasteiger partial charge < -0.3 is 29.3 Å². The third-order valence-corrected chi connectivity index (χ3v) is 4.40. The lowest BCUT2D eigenvalue weighted by Crippen LogP contribution is -2.50. The molecule has 1 heterocycles. The average Bonchev–Trinajstić information content (AvgIpc) is 2.75. The second-order valence-electron chi connectivity index (χ2n) is 6.86. The molecule has 1 rings (SSSR count). The highest BCUT2D eigenvalue weighted by atomic mass is 16.6. The first-order valence-corrected chi connectivity index (χ1v) is 10.1. The van der Waals surface area contributed by atoms with Crippen LogP contribution in [0.25, 0.3) is 0 Å². The van der Waals surface area contributed by atoms with Crippen molar-refractivity contribution >= 4 is 29.7 Å². The van der Waals surface area contributed by atoms with Crippen molar-refractivity contribution < 1.29 is 38.2 Å². The number of nitrogens with zero attached hydrogens (tertiary/aromatic N) is 2. The van der Waals surface area contributed by atoms with Crippen LogP contribution in [0.15, 0.2) is 12.2 Å². The fourth-order valence-corrected chi connectivity index (χ4v) is 2.71. The van der Waals surface area contributed by atoms with Gasteiger partial charge in [0.15, 0.2) is 0 Å². The van der Waals surface area contributed by atoms with E-state index in [2.05, 4.69) is 5.32 Å². The molecule has 0 aromatic rings. The maximum Gasteiger partial charge on any atom is 0.302 e. The molecule has 0 atom stereocenters. The molecule has 1 saturated heterocycles. The number of hydrogen-bond acceptors (Lipinski definition) is 8. The minimum atomic E-state index is -0.597. The normalized spacial score (nSPS) is 13.9. The minimum Gasteiger partial charge on any atom is -0.463 e. The van der Waals surface area contributed by atoms with Crippen LogP contribution in [0.4, 0.5) is 0 Å². The molecule has 0 saturated carbocycles. The number of esters is 2. The van der Waals surface area contributed by atoms with Gasteiger partial charge in [0.1, 0.15) is 19.3 Å². The van der Waals surface area contributed by atoms with Gasteiger partial charge in [-0.05, 0) is 6.42 Å². The Hall–Kier alpha value is -2.95. The van der Waals surface area contributed by atoms with Crippen molar-refractivity contribution in [1.82, 2.24) is 15.1 Å². The molecule has 1 aliphatic heterocycles. The first-order valence-electron chi connectivity index (χ1n) is 10.1. The van der Waals surface area contributed by atoms with E-state index in [-0.39, 0.29) is 44.0 Å². The van der Waals surface area contributed by atoms with Gasteiger partial charge in [-0.25, -0.2) is 0 Å². The molecule has 1 aliphatic rings. The van der Waals surface area contributed by atoms with Crippen molar-refractivity contribution in [1.29, 1.82) is 0 Å². The lowest BCUT2D eigenvalue weighted by atomic mass is 10.2. The van der Waals surface area contributed by atoms with Gasteiger partial charge >= 0.3 is 11.9 Å². The summed E-state index contributed by atoms with van der Waals surface area (Å²) in [4.78, 5) is 60.7. The van der Waals surface area contributed by atoms with Crippen LogP contribution in [0.2, 0.25) is 0 Å². The Morgan fingerprint density at radius 3 is 1.97 bits per heavy atom. The van der Waals surface area contributed by atoms with Crippen LogP contribution < -0.4 is 5.32 Å². The Balaban J connectivity index is 2.32. The molecule has 0 unspecified atom stereocenters. The smallest absolute Gasteiger partial charge is 0.302 e. The molecule has 0 aromatic heterocycles. The van der Waals surface area contributed by atoms with Gasteiger partial charge in [-0.1, -0.05) is 0 Å². The maximum atomic E-state index is 12.4. The summed E-state index contributed by atoms with van der Waals surface area (Å²) in [6.07, 6.45) is 2.51. The van der Waals surface area contributed by atoms with Crippen LogP contribution in [-0.2, 0) is 38.2 Å². The third kappa shape index (κ3) is 11.1. The van der Waals surface area contributed by atoms with E-state index in [0.717, 1.165) is 0 Å². The number of carbonyl (C=O) groups excluding carboxylic acids is 5. The van der Waals surface area contributed by atoms with Crippen LogP contribution in [0.5, 0.6) is 0 Å². The highest BCUT2D eigenvalue weighted by Crippen LogP contribution is 2.07. The van der Waals surface area contributed by atoms with Crippen molar-refractivity contribution in [3.8, 4) is 0 Å². The number of amides is 3. The molecule has 11 nitrogen and oxygen atoms in total. The Labute approximate surface area is 181 Å². The summed E-state index contributed by atoms with van der Waals surface area (Å²) in [5.74, 6) is -1.60. The molecule has 11 heteroatoms. The van der Waals surface area contributed by atoms with Gasteiger partial charge in [0, 0.05) is 72.3 Å². The predicted octanol–water partition coefficient (Wildman–Crippen LogP) is -0.749. The summed E-state index contributed by atoms with van der Waals surface area (Å²) in [6.45, 7) is 4.32. The van der Waals surface area contributed by atoms with Crippen LogP contribution in [-0.4, -0.2) is 98.6 Å². The molecule has 1 fully saturated rings. The summed E-state index contributed by atoms with van der Waals surface area (Å²) < 4.78 is 15.3. The van der Waals surface area contributed by atoms with E-state index in [9.17, 15) is 24.0 Å². The number of carbonyl (C=O) groups is 5. The van der Waals surface area contributed by atoms with Crippen molar-refractivity contribution in [3.63, 3.8) is 0 Å². The largest absolute Gasteiger partial charge is 0.463 e. The van der Waals surface area contributed by atoms with Crippen molar-refractivity contribution in [2.24, 2.45) is 0 Å². The molecular formula is C20H31N3O8. The van der Waals surface area contributed by atoms with Crippen molar-refractivity contribution in [3.05, 3.63) is 12.2 Å². The van der Waals surface area contributed by atoms with E-state index in [4.69, 9.17) is 14.2 Å². The standard InChI is InChI=1S/C20H31N3O8/c1-15(24)30-13-17(14-31-16(2)25)29-12-4-5-19(27)22-8-10-23(11-9-22)20(28)7-6-18(26)21-3/h6-7,17H,4-5,8-14H2,1-3H3,(H,21,26)/b7-6+. The predicted molar refractivity (Wildman–Crippen MR) is 109 cm³/mol. The summed E-state index contributed by atoms with van der Waals surface area (Å²) in [6, 6.07) is 0. The maximum absolute atomic E-state index is 12.4. The number of ether oxygens (including phenoxy) is 3. The summed E-state index contributed by atoms with van der Waals surface area (Å²) in [5, 5.41) is 2.40. The average molecular weight is 441 g/mol. The zero-order valence-corrected chi connectivity index (χ0v) is 18.3. The van der Waals surface area contributed by atoms with E-state index in [1.54, 1.807) is 9.80 Å². The van der Waals surface area contributed by atoms with Gasteiger partial charge in [-0.15, -0.1) is 0 Å². The molecule has 3 amide bonds. The number of nitrogens with one attached hydrogen (secondary N) is 1. The summed E-state index contributed by atoms with van der Waals surface area (Å²) in [5.41, 5.74) is 0. The highest BCUT2D eigenvalue weighted by molar-refractivity contribution is 5.96. The van der Waals surface area contributed by atoms with Gasteiger partial charge in [0.25, 0.3) is 0 Å². The fraction of sp³-hybridized carbons (Fsp3) is 0.650. The van der Waals surface area contributed by atoms with Gasteiger partial charge in [0.05, 0.1) is 0 Å². The first-order chi connectivity index (χ1) is 14.7. The molecule has 0 bridgehead atoms. The molecule has 0 spiro atoms. The van der Waals surface area contributed by atoms with E-state index in [1.165, 1.54) is 33.0 Å². The van der Waals surface area contributed by atoms with Gasteiger partial charge in [0.2, 0.25) is 17.7 Å². The number of rotatable bonds is 11. The first kappa shape index (κ1) is 26.1. The molecule has 0 radical (unpaired) electrons. The number of piperazine rings is 1. The third-order valence-electron chi connectivity index (χ3n) is 4.40. The SMILES string of the molecule is CNC(=O)/C=C/C(=O)N1CCN(C(=O)CCCOC(COC(C)=O)COC(C)=O)CC1. The lowest BCUT2D eigenvalue weighted by molar-refractivity contribution is -0.152. The zero-order chi connectivity index (χ0) is 23.2. The number of hydrogen-bond donors (Lipinski definition) is 1. The van der Waals surface area contributed by atoms with E-state index < -0.39 is 18.0 Å². The van der Waals surface area contributed by atoms with Crippen LogP contribution >= 0.6 is 0 Å². The Bertz CT molecular complexity index is 653. The Morgan fingerprint density at radius 2 is 1.45 bits per heavy atom. The van der Waals surface area contributed by atoms with Crippen LogP contribution in [0.3, 0.4) is 0 Å².